The number of aromatic nitrogens is 1. The second-order valence-corrected chi connectivity index (χ2v) is 6.42. The maximum absolute atomic E-state index is 12.6. The van der Waals surface area contributed by atoms with E-state index in [0.717, 1.165) is 34.4 Å². The first-order chi connectivity index (χ1) is 12.8. The number of hydrogen-bond acceptors (Lipinski definition) is 4. The van der Waals surface area contributed by atoms with Crippen LogP contribution in [0.2, 0.25) is 0 Å². The van der Waals surface area contributed by atoms with Crippen LogP contribution in [0.1, 0.15) is 15.9 Å². The highest BCUT2D eigenvalue weighted by molar-refractivity contribution is 6.06. The average Bonchev–Trinajstić information content (AvgIpc) is 2.70. The van der Waals surface area contributed by atoms with Gasteiger partial charge in [-0.25, -0.2) is 0 Å². The van der Waals surface area contributed by atoms with Gasteiger partial charge in [0.25, 0.3) is 5.91 Å². The summed E-state index contributed by atoms with van der Waals surface area (Å²) in [7, 11) is 1.64. The minimum Gasteiger partial charge on any atom is -0.493 e. The van der Waals surface area contributed by atoms with Crippen LogP contribution in [-0.4, -0.2) is 31.2 Å². The highest BCUT2D eigenvalue weighted by Crippen LogP contribution is 2.35. The lowest BCUT2D eigenvalue weighted by atomic mass is 9.96. The quantitative estimate of drug-likeness (QED) is 0.786. The first kappa shape index (κ1) is 16.4. The van der Waals surface area contributed by atoms with Gasteiger partial charge >= 0.3 is 0 Å². The van der Waals surface area contributed by atoms with Gasteiger partial charge in [0, 0.05) is 29.6 Å². The SMILES string of the molecule is COc1cccc2c1OCC(CNC(=O)c1cccc3ncccc13)C2. The van der Waals surface area contributed by atoms with E-state index >= 15 is 0 Å². The van der Waals surface area contributed by atoms with Crippen LogP contribution in [0.5, 0.6) is 11.5 Å². The minimum atomic E-state index is -0.0833. The number of ether oxygens (including phenoxy) is 2. The largest absolute Gasteiger partial charge is 0.493 e. The number of benzene rings is 2. The third-order valence-electron chi connectivity index (χ3n) is 4.69. The number of rotatable bonds is 4. The van der Waals surface area contributed by atoms with Crippen molar-refractivity contribution in [1.29, 1.82) is 0 Å². The number of amides is 1. The Balaban J connectivity index is 1.45. The zero-order chi connectivity index (χ0) is 17.9. The van der Waals surface area contributed by atoms with Crippen molar-refractivity contribution in [2.24, 2.45) is 5.92 Å². The van der Waals surface area contributed by atoms with E-state index in [-0.39, 0.29) is 11.8 Å². The first-order valence-corrected chi connectivity index (χ1v) is 8.67. The number of nitrogens with one attached hydrogen (secondary N) is 1. The summed E-state index contributed by atoms with van der Waals surface area (Å²) < 4.78 is 11.2. The summed E-state index contributed by atoms with van der Waals surface area (Å²) in [5.74, 6) is 1.72. The molecule has 3 aromatic rings. The van der Waals surface area contributed by atoms with Crippen LogP contribution in [0.25, 0.3) is 10.9 Å². The molecular weight excluding hydrogens is 328 g/mol. The summed E-state index contributed by atoms with van der Waals surface area (Å²) in [5, 5.41) is 3.91. The lowest BCUT2D eigenvalue weighted by Gasteiger charge is -2.26. The van der Waals surface area contributed by atoms with E-state index < -0.39 is 0 Å². The predicted octanol–water partition coefficient (Wildman–Crippen LogP) is 3.22. The fourth-order valence-electron chi connectivity index (χ4n) is 3.38. The Hall–Kier alpha value is -3.08. The number of fused-ring (bicyclic) bond motifs is 2. The molecule has 0 saturated heterocycles. The smallest absolute Gasteiger partial charge is 0.251 e. The molecule has 5 heteroatoms. The third-order valence-corrected chi connectivity index (χ3v) is 4.69. The molecule has 2 heterocycles. The molecule has 132 valence electrons. The van der Waals surface area contributed by atoms with Crippen molar-refractivity contribution >= 4 is 16.8 Å². The number of carbonyl (C=O) groups excluding carboxylic acids is 1. The van der Waals surface area contributed by atoms with E-state index in [0.29, 0.717) is 18.7 Å². The van der Waals surface area contributed by atoms with Gasteiger partial charge in [-0.05, 0) is 36.2 Å². The van der Waals surface area contributed by atoms with Gasteiger partial charge in [0.2, 0.25) is 0 Å². The molecule has 1 amide bonds. The number of hydrogen-bond donors (Lipinski definition) is 1. The fraction of sp³-hybridized carbons (Fsp3) is 0.238. The van der Waals surface area contributed by atoms with Gasteiger partial charge in [-0.2, -0.15) is 0 Å². The van der Waals surface area contributed by atoms with Crippen molar-refractivity contribution in [2.45, 2.75) is 6.42 Å². The Kier molecular flexibility index (Phi) is 4.44. The van der Waals surface area contributed by atoms with Crippen molar-refractivity contribution in [3.8, 4) is 11.5 Å². The van der Waals surface area contributed by atoms with E-state index in [1.54, 1.807) is 13.3 Å². The zero-order valence-electron chi connectivity index (χ0n) is 14.6. The molecular formula is C21H20N2O3. The number of carbonyl (C=O) groups is 1. The molecule has 1 atom stereocenters. The van der Waals surface area contributed by atoms with Crippen LogP contribution in [0.15, 0.2) is 54.7 Å². The van der Waals surface area contributed by atoms with Crippen molar-refractivity contribution in [3.05, 3.63) is 65.9 Å². The maximum Gasteiger partial charge on any atom is 0.251 e. The Labute approximate surface area is 152 Å². The Morgan fingerprint density at radius 2 is 2.12 bits per heavy atom. The summed E-state index contributed by atoms with van der Waals surface area (Å²) in [6.07, 6.45) is 2.58. The molecule has 0 radical (unpaired) electrons. The number of methoxy groups -OCH3 is 1. The van der Waals surface area contributed by atoms with Crippen LogP contribution >= 0.6 is 0 Å². The zero-order valence-corrected chi connectivity index (χ0v) is 14.6. The molecule has 5 nitrogen and oxygen atoms in total. The summed E-state index contributed by atoms with van der Waals surface area (Å²) in [4.78, 5) is 17.0. The molecule has 1 unspecified atom stereocenters. The molecule has 0 saturated carbocycles. The van der Waals surface area contributed by atoms with Crippen LogP contribution in [0.3, 0.4) is 0 Å². The lowest BCUT2D eigenvalue weighted by Crippen LogP contribution is -2.35. The van der Waals surface area contributed by atoms with Gasteiger partial charge in [-0.3, -0.25) is 9.78 Å². The molecule has 2 aromatic carbocycles. The van der Waals surface area contributed by atoms with Crippen molar-refractivity contribution in [2.75, 3.05) is 20.3 Å². The summed E-state index contributed by atoms with van der Waals surface area (Å²) in [6.45, 7) is 1.12. The predicted molar refractivity (Wildman–Crippen MR) is 99.8 cm³/mol. The topological polar surface area (TPSA) is 60.5 Å². The monoisotopic (exact) mass is 348 g/mol. The van der Waals surface area contributed by atoms with Crippen LogP contribution in [0.4, 0.5) is 0 Å². The van der Waals surface area contributed by atoms with Gasteiger partial charge in [0.15, 0.2) is 11.5 Å². The molecule has 1 aliphatic rings. The van der Waals surface area contributed by atoms with Gasteiger partial charge < -0.3 is 14.8 Å². The average molecular weight is 348 g/mol. The lowest BCUT2D eigenvalue weighted by molar-refractivity contribution is 0.0940. The van der Waals surface area contributed by atoms with E-state index in [4.69, 9.17) is 9.47 Å². The molecule has 26 heavy (non-hydrogen) atoms. The van der Waals surface area contributed by atoms with Crippen LogP contribution in [-0.2, 0) is 6.42 Å². The van der Waals surface area contributed by atoms with E-state index in [1.807, 2.05) is 48.5 Å². The van der Waals surface area contributed by atoms with Gasteiger partial charge in [-0.1, -0.05) is 24.3 Å². The van der Waals surface area contributed by atoms with Gasteiger partial charge in [-0.15, -0.1) is 0 Å². The standard InChI is InChI=1S/C21H20N2O3/c1-25-19-9-2-5-15-11-14(13-26-20(15)19)12-23-21(24)17-6-3-8-18-16(17)7-4-10-22-18/h2-10,14H,11-13H2,1H3,(H,23,24). The normalized spacial score (nSPS) is 15.8. The summed E-state index contributed by atoms with van der Waals surface area (Å²) >= 11 is 0. The molecule has 0 aliphatic carbocycles. The van der Waals surface area contributed by atoms with Gasteiger partial charge in [0.05, 0.1) is 19.2 Å². The molecule has 0 bridgehead atoms. The van der Waals surface area contributed by atoms with Crippen molar-refractivity contribution in [1.82, 2.24) is 10.3 Å². The highest BCUT2D eigenvalue weighted by atomic mass is 16.5. The Bertz CT molecular complexity index is 950. The van der Waals surface area contributed by atoms with E-state index in [1.165, 1.54) is 0 Å². The van der Waals surface area contributed by atoms with Gasteiger partial charge in [0.1, 0.15) is 0 Å². The molecule has 1 aliphatic heterocycles. The third kappa shape index (κ3) is 3.08. The maximum atomic E-state index is 12.6. The Morgan fingerprint density at radius 1 is 1.23 bits per heavy atom. The second kappa shape index (κ2) is 7.04. The van der Waals surface area contributed by atoms with Crippen LogP contribution < -0.4 is 14.8 Å². The molecule has 1 N–H and O–H groups in total. The molecule has 1 aromatic heterocycles. The number of pyridine rings is 1. The number of para-hydroxylation sites is 1. The summed E-state index contributed by atoms with van der Waals surface area (Å²) in [5.41, 5.74) is 2.58. The van der Waals surface area contributed by atoms with E-state index in [2.05, 4.69) is 10.3 Å². The van der Waals surface area contributed by atoms with Crippen molar-refractivity contribution in [3.63, 3.8) is 0 Å². The first-order valence-electron chi connectivity index (χ1n) is 8.67. The molecule has 4 rings (SSSR count). The van der Waals surface area contributed by atoms with Crippen molar-refractivity contribution < 1.29 is 14.3 Å². The fourth-order valence-corrected chi connectivity index (χ4v) is 3.38. The van der Waals surface area contributed by atoms with Crippen LogP contribution in [0, 0.1) is 5.92 Å². The number of nitrogens with zero attached hydrogens (tertiary/aromatic N) is 1. The molecule has 0 fully saturated rings. The Morgan fingerprint density at radius 3 is 3.00 bits per heavy atom. The summed E-state index contributed by atoms with van der Waals surface area (Å²) in [6, 6.07) is 15.3. The van der Waals surface area contributed by atoms with E-state index in [9.17, 15) is 4.79 Å². The highest BCUT2D eigenvalue weighted by Gasteiger charge is 2.23. The minimum absolute atomic E-state index is 0.0833. The molecule has 0 spiro atoms. The second-order valence-electron chi connectivity index (χ2n) is 6.42.